The largest absolute Gasteiger partial charge is 0.377 e. The van der Waals surface area contributed by atoms with Gasteiger partial charge in [0.1, 0.15) is 0 Å². The van der Waals surface area contributed by atoms with Crippen molar-refractivity contribution in [3.8, 4) is 10.4 Å². The molecule has 116 valence electrons. The predicted molar refractivity (Wildman–Crippen MR) is 87.1 cm³/mol. The van der Waals surface area contributed by atoms with Gasteiger partial charge in [-0.25, -0.2) is 0 Å². The summed E-state index contributed by atoms with van der Waals surface area (Å²) in [4.78, 5) is 12.7. The van der Waals surface area contributed by atoms with Crippen molar-refractivity contribution in [1.82, 2.24) is 5.32 Å². The molecule has 0 aliphatic carbocycles. The highest BCUT2D eigenvalue weighted by molar-refractivity contribution is 7.15. The standard InChI is InChI=1S/C16H18N2O3S/c19-18(20)13-5-3-12(4-6-13)16-8-7-15(22-16)11-17-10-14-2-1-9-21-14/h3-8,14,17H,1-2,9-11H2. The molecule has 1 aromatic heterocycles. The number of nitro benzene ring substituents is 1. The number of ether oxygens (including phenoxy) is 1. The molecule has 0 bridgehead atoms. The van der Waals surface area contributed by atoms with Gasteiger partial charge in [0.15, 0.2) is 0 Å². The van der Waals surface area contributed by atoms with Crippen molar-refractivity contribution in [1.29, 1.82) is 0 Å². The molecule has 1 N–H and O–H groups in total. The molecular weight excluding hydrogens is 300 g/mol. The normalized spacial score (nSPS) is 17.7. The molecule has 0 radical (unpaired) electrons. The van der Waals surface area contributed by atoms with Gasteiger partial charge in [-0.1, -0.05) is 0 Å². The third-order valence-corrected chi connectivity index (χ3v) is 4.85. The minimum atomic E-state index is -0.376. The van der Waals surface area contributed by atoms with Gasteiger partial charge in [0.25, 0.3) is 5.69 Å². The Bertz CT molecular complexity index is 633. The predicted octanol–water partition coefficient (Wildman–Crippen LogP) is 3.59. The van der Waals surface area contributed by atoms with Gasteiger partial charge in [0, 0.05) is 41.6 Å². The van der Waals surface area contributed by atoms with Crippen LogP contribution in [0, 0.1) is 10.1 Å². The second-order valence-electron chi connectivity index (χ2n) is 5.34. The Labute approximate surface area is 133 Å². The molecule has 0 amide bonds. The molecule has 1 aliphatic rings. The molecule has 2 aromatic rings. The summed E-state index contributed by atoms with van der Waals surface area (Å²) in [5.74, 6) is 0. The molecule has 3 rings (SSSR count). The van der Waals surface area contributed by atoms with Crippen molar-refractivity contribution < 1.29 is 9.66 Å². The third kappa shape index (κ3) is 3.71. The number of hydrogen-bond acceptors (Lipinski definition) is 5. The molecule has 1 aliphatic heterocycles. The molecule has 0 spiro atoms. The van der Waals surface area contributed by atoms with E-state index in [2.05, 4.69) is 17.4 Å². The van der Waals surface area contributed by atoms with Crippen LogP contribution in [0.3, 0.4) is 0 Å². The average Bonchev–Trinajstić information content (AvgIpc) is 3.19. The Morgan fingerprint density at radius 2 is 2.09 bits per heavy atom. The Kier molecular flexibility index (Phi) is 4.82. The first-order valence-corrected chi connectivity index (χ1v) is 8.20. The van der Waals surface area contributed by atoms with E-state index >= 15 is 0 Å². The summed E-state index contributed by atoms with van der Waals surface area (Å²) in [7, 11) is 0. The smallest absolute Gasteiger partial charge is 0.269 e. The van der Waals surface area contributed by atoms with Crippen LogP contribution in [0.2, 0.25) is 0 Å². The number of rotatable bonds is 6. The van der Waals surface area contributed by atoms with E-state index < -0.39 is 0 Å². The summed E-state index contributed by atoms with van der Waals surface area (Å²) < 4.78 is 5.58. The fraction of sp³-hybridized carbons (Fsp3) is 0.375. The lowest BCUT2D eigenvalue weighted by Crippen LogP contribution is -2.25. The SMILES string of the molecule is O=[N+]([O-])c1ccc(-c2ccc(CNCC3CCCO3)s2)cc1. The fourth-order valence-electron chi connectivity index (χ4n) is 2.54. The van der Waals surface area contributed by atoms with Crippen LogP contribution < -0.4 is 5.32 Å². The molecule has 1 unspecified atom stereocenters. The van der Waals surface area contributed by atoms with Gasteiger partial charge in [-0.05, 0) is 42.7 Å². The lowest BCUT2D eigenvalue weighted by Gasteiger charge is -2.09. The zero-order valence-electron chi connectivity index (χ0n) is 12.2. The second kappa shape index (κ2) is 7.00. The number of non-ortho nitro benzene ring substituents is 1. The Morgan fingerprint density at radius 1 is 1.27 bits per heavy atom. The summed E-state index contributed by atoms with van der Waals surface area (Å²) in [6, 6.07) is 10.9. The highest BCUT2D eigenvalue weighted by Crippen LogP contribution is 2.29. The van der Waals surface area contributed by atoms with Crippen molar-refractivity contribution in [2.45, 2.75) is 25.5 Å². The zero-order valence-corrected chi connectivity index (χ0v) is 13.0. The zero-order chi connectivity index (χ0) is 15.4. The minimum absolute atomic E-state index is 0.124. The van der Waals surface area contributed by atoms with Crippen LogP contribution in [0.25, 0.3) is 10.4 Å². The number of hydrogen-bond donors (Lipinski definition) is 1. The topological polar surface area (TPSA) is 64.4 Å². The van der Waals surface area contributed by atoms with Gasteiger partial charge in [-0.3, -0.25) is 10.1 Å². The van der Waals surface area contributed by atoms with E-state index in [1.165, 1.54) is 4.88 Å². The van der Waals surface area contributed by atoms with Crippen molar-refractivity contribution in [2.75, 3.05) is 13.2 Å². The van der Waals surface area contributed by atoms with E-state index in [-0.39, 0.29) is 10.6 Å². The van der Waals surface area contributed by atoms with E-state index in [9.17, 15) is 10.1 Å². The van der Waals surface area contributed by atoms with E-state index in [1.54, 1.807) is 35.6 Å². The van der Waals surface area contributed by atoms with Crippen molar-refractivity contribution in [2.24, 2.45) is 0 Å². The lowest BCUT2D eigenvalue weighted by atomic mass is 10.2. The van der Waals surface area contributed by atoms with Gasteiger partial charge >= 0.3 is 0 Å². The van der Waals surface area contributed by atoms with E-state index in [4.69, 9.17) is 4.74 Å². The molecule has 6 heteroatoms. The number of benzene rings is 1. The first-order valence-electron chi connectivity index (χ1n) is 7.38. The maximum atomic E-state index is 10.7. The fourth-order valence-corrected chi connectivity index (χ4v) is 3.52. The van der Waals surface area contributed by atoms with Gasteiger partial charge in [-0.15, -0.1) is 11.3 Å². The quantitative estimate of drug-likeness (QED) is 0.653. The van der Waals surface area contributed by atoms with E-state index in [0.29, 0.717) is 6.10 Å². The summed E-state index contributed by atoms with van der Waals surface area (Å²) in [5.41, 5.74) is 1.14. The summed E-state index contributed by atoms with van der Waals surface area (Å²) in [5, 5.41) is 14.1. The van der Waals surface area contributed by atoms with Crippen LogP contribution in [0.5, 0.6) is 0 Å². The molecule has 22 heavy (non-hydrogen) atoms. The van der Waals surface area contributed by atoms with Gasteiger partial charge in [-0.2, -0.15) is 0 Å². The number of thiophene rings is 1. The first-order chi connectivity index (χ1) is 10.7. The van der Waals surface area contributed by atoms with Crippen molar-refractivity contribution >= 4 is 17.0 Å². The molecular formula is C16H18N2O3S. The summed E-state index contributed by atoms with van der Waals surface area (Å²) in [6.07, 6.45) is 2.66. The molecule has 2 heterocycles. The van der Waals surface area contributed by atoms with Crippen LogP contribution in [0.1, 0.15) is 17.7 Å². The minimum Gasteiger partial charge on any atom is -0.377 e. The third-order valence-electron chi connectivity index (χ3n) is 3.72. The van der Waals surface area contributed by atoms with Gasteiger partial charge in [0.05, 0.1) is 11.0 Å². The highest BCUT2D eigenvalue weighted by atomic mass is 32.1. The van der Waals surface area contributed by atoms with Crippen molar-refractivity contribution in [3.05, 3.63) is 51.4 Å². The number of nitro groups is 1. The maximum Gasteiger partial charge on any atom is 0.269 e. The summed E-state index contributed by atoms with van der Waals surface area (Å²) >= 11 is 1.71. The van der Waals surface area contributed by atoms with Crippen LogP contribution in [0.4, 0.5) is 5.69 Å². The van der Waals surface area contributed by atoms with Crippen LogP contribution >= 0.6 is 11.3 Å². The van der Waals surface area contributed by atoms with Crippen LogP contribution in [-0.2, 0) is 11.3 Å². The second-order valence-corrected chi connectivity index (χ2v) is 6.50. The summed E-state index contributed by atoms with van der Waals surface area (Å²) in [6.45, 7) is 2.61. The first kappa shape index (κ1) is 15.1. The Balaban J connectivity index is 1.57. The van der Waals surface area contributed by atoms with Crippen molar-refractivity contribution in [3.63, 3.8) is 0 Å². The monoisotopic (exact) mass is 318 g/mol. The number of nitrogens with zero attached hydrogens (tertiary/aromatic N) is 1. The molecule has 1 fully saturated rings. The van der Waals surface area contributed by atoms with Crippen LogP contribution in [-0.4, -0.2) is 24.2 Å². The number of nitrogens with one attached hydrogen (secondary N) is 1. The molecule has 0 saturated carbocycles. The molecule has 1 saturated heterocycles. The van der Waals surface area contributed by atoms with Gasteiger partial charge < -0.3 is 10.1 Å². The maximum absolute atomic E-state index is 10.7. The molecule has 5 nitrogen and oxygen atoms in total. The van der Waals surface area contributed by atoms with E-state index in [0.717, 1.165) is 43.0 Å². The van der Waals surface area contributed by atoms with Gasteiger partial charge in [0.2, 0.25) is 0 Å². The molecule has 1 atom stereocenters. The van der Waals surface area contributed by atoms with Crippen LogP contribution in [0.15, 0.2) is 36.4 Å². The Morgan fingerprint density at radius 3 is 2.77 bits per heavy atom. The highest BCUT2D eigenvalue weighted by Gasteiger charge is 2.14. The molecule has 1 aromatic carbocycles. The average molecular weight is 318 g/mol. The lowest BCUT2D eigenvalue weighted by molar-refractivity contribution is -0.384. The Hall–Kier alpha value is -1.76. The van der Waals surface area contributed by atoms with E-state index in [1.807, 2.05) is 0 Å².